The summed E-state index contributed by atoms with van der Waals surface area (Å²) in [5.74, 6) is -0.808. The molecule has 0 aliphatic heterocycles. The zero-order chi connectivity index (χ0) is 14.9. The number of carbonyl (C=O) groups excluding carboxylic acids is 2. The van der Waals surface area contributed by atoms with Crippen molar-refractivity contribution in [2.75, 3.05) is 0 Å². The van der Waals surface area contributed by atoms with Crippen LogP contribution in [0.4, 0.5) is 9.18 Å². The molecule has 1 N–H and O–H groups in total. The molecule has 1 unspecified atom stereocenters. The first-order valence-corrected chi connectivity index (χ1v) is 6.54. The van der Waals surface area contributed by atoms with Crippen molar-refractivity contribution in [1.82, 2.24) is 5.32 Å². The Labute approximate surface area is 117 Å². The number of carbonyl (C=O) groups is 2. The molecule has 1 amide bonds. The van der Waals surface area contributed by atoms with Crippen LogP contribution in [0.1, 0.15) is 37.9 Å². The van der Waals surface area contributed by atoms with Crippen LogP contribution < -0.4 is 5.32 Å². The number of amides is 1. The topological polar surface area (TPSA) is 55.4 Å². The standard InChI is InChI=1S/C15H18FNO3/c1-15(2,3)20-14(19)17-13-9(8-18)7-11-10(13)5-4-6-12(11)16/h4-6,8-9,13H,7H2,1-3H3,(H,17,19)/t9-,13?/m0/s1. The van der Waals surface area contributed by atoms with E-state index in [2.05, 4.69) is 5.32 Å². The molecule has 1 aliphatic carbocycles. The van der Waals surface area contributed by atoms with E-state index < -0.39 is 23.7 Å². The Kier molecular flexibility index (Phi) is 3.79. The van der Waals surface area contributed by atoms with Crippen molar-refractivity contribution in [3.63, 3.8) is 0 Å². The number of rotatable bonds is 2. The zero-order valence-corrected chi connectivity index (χ0v) is 11.8. The van der Waals surface area contributed by atoms with Crippen molar-refractivity contribution in [2.24, 2.45) is 5.92 Å². The smallest absolute Gasteiger partial charge is 0.408 e. The highest BCUT2D eigenvalue weighted by Gasteiger charge is 2.35. The Bertz CT molecular complexity index is 536. The fraction of sp³-hybridized carbons (Fsp3) is 0.467. The lowest BCUT2D eigenvalue weighted by Gasteiger charge is -2.23. The number of ether oxygens (including phenoxy) is 1. The summed E-state index contributed by atoms with van der Waals surface area (Å²) >= 11 is 0. The lowest BCUT2D eigenvalue weighted by molar-refractivity contribution is -0.111. The molecule has 1 aromatic rings. The number of nitrogens with one attached hydrogen (secondary N) is 1. The molecule has 20 heavy (non-hydrogen) atoms. The van der Waals surface area contributed by atoms with Gasteiger partial charge in [0.05, 0.1) is 6.04 Å². The molecule has 0 fully saturated rings. The summed E-state index contributed by atoms with van der Waals surface area (Å²) in [6, 6.07) is 4.12. The second-order valence-corrected chi connectivity index (χ2v) is 5.94. The van der Waals surface area contributed by atoms with Gasteiger partial charge in [0.1, 0.15) is 17.7 Å². The molecule has 4 nitrogen and oxygen atoms in total. The van der Waals surface area contributed by atoms with Crippen LogP contribution in [-0.4, -0.2) is 18.0 Å². The minimum Gasteiger partial charge on any atom is -0.444 e. The Balaban J connectivity index is 2.21. The monoisotopic (exact) mass is 279 g/mol. The molecule has 108 valence electrons. The molecule has 0 aromatic heterocycles. The van der Waals surface area contributed by atoms with Gasteiger partial charge in [0.2, 0.25) is 0 Å². The minimum atomic E-state index is -0.621. The second kappa shape index (κ2) is 5.23. The number of benzene rings is 1. The highest BCUT2D eigenvalue weighted by Crippen LogP contribution is 2.36. The quantitative estimate of drug-likeness (QED) is 0.847. The maximum atomic E-state index is 13.7. The molecule has 1 aromatic carbocycles. The summed E-state index contributed by atoms with van der Waals surface area (Å²) < 4.78 is 18.9. The molecular weight excluding hydrogens is 261 g/mol. The van der Waals surface area contributed by atoms with Crippen molar-refractivity contribution in [3.8, 4) is 0 Å². The predicted octanol–water partition coefficient (Wildman–Crippen LogP) is 2.76. The van der Waals surface area contributed by atoms with Gasteiger partial charge >= 0.3 is 6.09 Å². The highest BCUT2D eigenvalue weighted by atomic mass is 19.1. The van der Waals surface area contributed by atoms with Crippen LogP contribution in [0, 0.1) is 11.7 Å². The predicted molar refractivity (Wildman–Crippen MR) is 71.8 cm³/mol. The normalized spacial score (nSPS) is 21.2. The van der Waals surface area contributed by atoms with Crippen LogP contribution in [0.25, 0.3) is 0 Å². The Morgan fingerprint density at radius 1 is 1.45 bits per heavy atom. The van der Waals surface area contributed by atoms with Gasteiger partial charge in [-0.25, -0.2) is 9.18 Å². The van der Waals surface area contributed by atoms with E-state index >= 15 is 0 Å². The summed E-state index contributed by atoms with van der Waals surface area (Å²) in [6.07, 6.45) is 0.444. The van der Waals surface area contributed by atoms with Gasteiger partial charge in [-0.05, 0) is 44.4 Å². The van der Waals surface area contributed by atoms with E-state index in [1.54, 1.807) is 32.9 Å². The Morgan fingerprint density at radius 3 is 2.75 bits per heavy atom. The molecule has 0 spiro atoms. The van der Waals surface area contributed by atoms with E-state index in [9.17, 15) is 14.0 Å². The molecule has 5 heteroatoms. The first kappa shape index (κ1) is 14.5. The third-order valence-electron chi connectivity index (χ3n) is 3.21. The van der Waals surface area contributed by atoms with Crippen LogP contribution >= 0.6 is 0 Å². The molecule has 0 saturated heterocycles. The molecular formula is C15H18FNO3. The number of alkyl carbamates (subject to hydrolysis) is 1. The number of hydrogen-bond donors (Lipinski definition) is 1. The van der Waals surface area contributed by atoms with Crippen molar-refractivity contribution in [3.05, 3.63) is 35.1 Å². The summed E-state index contributed by atoms with van der Waals surface area (Å²) in [4.78, 5) is 23.0. The van der Waals surface area contributed by atoms with E-state index in [0.29, 0.717) is 17.5 Å². The van der Waals surface area contributed by atoms with Crippen LogP contribution in [-0.2, 0) is 16.0 Å². The van der Waals surface area contributed by atoms with Crippen LogP contribution in [0.5, 0.6) is 0 Å². The van der Waals surface area contributed by atoms with Gasteiger partial charge in [-0.2, -0.15) is 0 Å². The van der Waals surface area contributed by atoms with Crippen molar-refractivity contribution in [2.45, 2.75) is 38.8 Å². The van der Waals surface area contributed by atoms with Gasteiger partial charge in [-0.1, -0.05) is 12.1 Å². The minimum absolute atomic E-state index is 0.298. The van der Waals surface area contributed by atoms with Gasteiger partial charge < -0.3 is 14.8 Å². The summed E-state index contributed by atoms with van der Waals surface area (Å²) in [5.41, 5.74) is 0.517. The average molecular weight is 279 g/mol. The summed E-state index contributed by atoms with van der Waals surface area (Å²) in [5, 5.41) is 2.66. The molecule has 0 heterocycles. The van der Waals surface area contributed by atoms with Crippen molar-refractivity contribution in [1.29, 1.82) is 0 Å². The second-order valence-electron chi connectivity index (χ2n) is 5.94. The van der Waals surface area contributed by atoms with Gasteiger partial charge in [-0.3, -0.25) is 0 Å². The maximum absolute atomic E-state index is 13.7. The van der Waals surface area contributed by atoms with Crippen LogP contribution in [0.2, 0.25) is 0 Å². The lowest BCUT2D eigenvalue weighted by Crippen LogP contribution is -2.36. The van der Waals surface area contributed by atoms with E-state index in [1.807, 2.05) is 0 Å². The SMILES string of the molecule is CC(C)(C)OC(=O)NC1c2cccc(F)c2C[C@H]1C=O. The van der Waals surface area contributed by atoms with E-state index in [4.69, 9.17) is 4.74 Å². The van der Waals surface area contributed by atoms with E-state index in [0.717, 1.165) is 6.29 Å². The first-order valence-electron chi connectivity index (χ1n) is 6.54. The Hall–Kier alpha value is -1.91. The van der Waals surface area contributed by atoms with Gasteiger partial charge in [0.15, 0.2) is 0 Å². The average Bonchev–Trinajstić information content (AvgIpc) is 2.67. The van der Waals surface area contributed by atoms with Gasteiger partial charge in [0.25, 0.3) is 0 Å². The third kappa shape index (κ3) is 2.98. The fourth-order valence-corrected chi connectivity index (χ4v) is 2.41. The number of hydrogen-bond acceptors (Lipinski definition) is 3. The largest absolute Gasteiger partial charge is 0.444 e. The zero-order valence-electron chi connectivity index (χ0n) is 11.8. The summed E-state index contributed by atoms with van der Waals surface area (Å²) in [6.45, 7) is 5.27. The lowest BCUT2D eigenvalue weighted by atomic mass is 10.0. The number of aldehydes is 1. The van der Waals surface area contributed by atoms with Gasteiger partial charge in [-0.15, -0.1) is 0 Å². The van der Waals surface area contributed by atoms with Crippen molar-refractivity contribution < 1.29 is 18.7 Å². The third-order valence-corrected chi connectivity index (χ3v) is 3.21. The first-order chi connectivity index (χ1) is 9.31. The van der Waals surface area contributed by atoms with E-state index in [-0.39, 0.29) is 5.82 Å². The molecule has 0 radical (unpaired) electrons. The fourth-order valence-electron chi connectivity index (χ4n) is 2.41. The molecule has 0 saturated carbocycles. The number of fused-ring (bicyclic) bond motifs is 1. The molecule has 2 rings (SSSR count). The van der Waals surface area contributed by atoms with Gasteiger partial charge in [0, 0.05) is 5.92 Å². The molecule has 2 atom stereocenters. The number of halogens is 1. The van der Waals surface area contributed by atoms with Crippen molar-refractivity contribution >= 4 is 12.4 Å². The van der Waals surface area contributed by atoms with Crippen LogP contribution in [0.15, 0.2) is 18.2 Å². The maximum Gasteiger partial charge on any atom is 0.408 e. The van der Waals surface area contributed by atoms with Crippen LogP contribution in [0.3, 0.4) is 0 Å². The van der Waals surface area contributed by atoms with E-state index in [1.165, 1.54) is 6.07 Å². The highest BCUT2D eigenvalue weighted by molar-refractivity contribution is 5.71. The molecule has 0 bridgehead atoms. The molecule has 1 aliphatic rings. The Morgan fingerprint density at radius 2 is 2.15 bits per heavy atom. The summed E-state index contributed by atoms with van der Waals surface area (Å²) in [7, 11) is 0.